The lowest BCUT2D eigenvalue weighted by atomic mass is 10.1. The van der Waals surface area contributed by atoms with Crippen LogP contribution in [-0.2, 0) is 10.0 Å². The smallest absolute Gasteiger partial charge is 0.270 e. The van der Waals surface area contributed by atoms with E-state index in [1.807, 2.05) is 13.8 Å². The van der Waals surface area contributed by atoms with Gasteiger partial charge >= 0.3 is 0 Å². The number of sulfonamides is 1. The van der Waals surface area contributed by atoms with E-state index in [9.17, 15) is 18.5 Å². The highest BCUT2D eigenvalue weighted by Crippen LogP contribution is 2.25. The Morgan fingerprint density at radius 3 is 2.40 bits per heavy atom. The fourth-order valence-electron chi connectivity index (χ4n) is 2.89. The Hall–Kier alpha value is -3.37. The van der Waals surface area contributed by atoms with E-state index in [0.29, 0.717) is 22.9 Å². The van der Waals surface area contributed by atoms with Gasteiger partial charge in [0.05, 0.1) is 9.82 Å². The molecule has 1 aromatic heterocycles. The molecule has 2 aromatic carbocycles. The molecule has 0 bridgehead atoms. The van der Waals surface area contributed by atoms with Gasteiger partial charge in [-0.15, -0.1) is 0 Å². The summed E-state index contributed by atoms with van der Waals surface area (Å²) in [5.74, 6) is 0.937. The van der Waals surface area contributed by atoms with Crippen molar-refractivity contribution < 1.29 is 13.3 Å². The lowest BCUT2D eigenvalue weighted by Crippen LogP contribution is -2.18. The molecule has 0 aliphatic rings. The number of aromatic nitrogens is 2. The number of hydrogen-bond donors (Lipinski definition) is 2. The number of non-ortho nitro benzene ring substituents is 1. The van der Waals surface area contributed by atoms with Crippen LogP contribution in [0.1, 0.15) is 24.2 Å². The van der Waals surface area contributed by atoms with Crippen molar-refractivity contribution in [3.05, 3.63) is 76.0 Å². The molecule has 10 heteroatoms. The second-order valence-corrected chi connectivity index (χ2v) is 8.55. The second-order valence-electron chi connectivity index (χ2n) is 6.67. The zero-order chi connectivity index (χ0) is 21.9. The zero-order valence-electron chi connectivity index (χ0n) is 16.7. The van der Waals surface area contributed by atoms with Gasteiger partial charge in [0.2, 0.25) is 10.0 Å². The van der Waals surface area contributed by atoms with Crippen LogP contribution in [0.3, 0.4) is 0 Å². The molecule has 9 nitrogen and oxygen atoms in total. The third-order valence-corrected chi connectivity index (χ3v) is 5.92. The Labute approximate surface area is 174 Å². The summed E-state index contributed by atoms with van der Waals surface area (Å²) in [6.07, 6.45) is 0. The molecule has 0 amide bonds. The lowest BCUT2D eigenvalue weighted by Gasteiger charge is -2.16. The molecule has 1 atom stereocenters. The van der Waals surface area contributed by atoms with Gasteiger partial charge in [0.1, 0.15) is 5.82 Å². The topological polar surface area (TPSA) is 127 Å². The van der Waals surface area contributed by atoms with Crippen LogP contribution in [0.2, 0.25) is 0 Å². The number of aryl methyl sites for hydroxylation is 1. The third kappa shape index (κ3) is 4.78. The van der Waals surface area contributed by atoms with Crippen molar-refractivity contribution in [2.24, 2.45) is 0 Å². The Morgan fingerprint density at radius 2 is 1.77 bits per heavy atom. The number of nitro groups is 1. The maximum absolute atomic E-state index is 11.9. The minimum atomic E-state index is -3.49. The van der Waals surface area contributed by atoms with E-state index >= 15 is 0 Å². The minimum absolute atomic E-state index is 0.0305. The largest absolute Gasteiger partial charge is 0.363 e. The van der Waals surface area contributed by atoms with Crippen molar-refractivity contribution >= 4 is 21.5 Å². The molecule has 1 heterocycles. The minimum Gasteiger partial charge on any atom is -0.363 e. The highest BCUT2D eigenvalue weighted by Gasteiger charge is 2.14. The Bertz CT molecular complexity index is 1180. The van der Waals surface area contributed by atoms with Gasteiger partial charge in [0, 0.05) is 35.5 Å². The van der Waals surface area contributed by atoms with Crippen molar-refractivity contribution in [1.29, 1.82) is 0 Å². The van der Waals surface area contributed by atoms with Crippen LogP contribution in [-0.4, -0.2) is 30.4 Å². The summed E-state index contributed by atoms with van der Waals surface area (Å²) in [5, 5.41) is 14.3. The molecule has 3 rings (SSSR count). The number of nitrogens with zero attached hydrogens (tertiary/aromatic N) is 3. The van der Waals surface area contributed by atoms with Gasteiger partial charge in [0.15, 0.2) is 5.82 Å². The molecule has 0 saturated carbocycles. The van der Waals surface area contributed by atoms with Crippen molar-refractivity contribution in [3.63, 3.8) is 0 Å². The van der Waals surface area contributed by atoms with E-state index in [1.165, 1.54) is 19.2 Å². The molecule has 1 unspecified atom stereocenters. The van der Waals surface area contributed by atoms with Crippen LogP contribution < -0.4 is 10.0 Å². The van der Waals surface area contributed by atoms with Gasteiger partial charge in [-0.25, -0.2) is 23.1 Å². The highest BCUT2D eigenvalue weighted by atomic mass is 32.2. The van der Waals surface area contributed by atoms with E-state index in [1.54, 1.807) is 42.5 Å². The number of nitro benzene ring substituents is 1. The first-order chi connectivity index (χ1) is 14.2. The standard InChI is InChI=1S/C20H21N5O4S/c1-13-11-19(24-20(22-13)16-5-4-6-17(12-16)25(26)27)23-14(2)15-7-9-18(10-8-15)30(28,29)21-3/h4-12,14,21H,1-3H3,(H,22,23,24). The first-order valence-electron chi connectivity index (χ1n) is 9.10. The van der Waals surface area contributed by atoms with Gasteiger partial charge in [-0.05, 0) is 38.6 Å². The number of rotatable bonds is 7. The quantitative estimate of drug-likeness (QED) is 0.437. The van der Waals surface area contributed by atoms with Crippen LogP contribution in [0.25, 0.3) is 11.4 Å². The average molecular weight is 427 g/mol. The molecule has 3 aromatic rings. The Kier molecular flexibility index (Phi) is 6.09. The Balaban J connectivity index is 1.85. The monoisotopic (exact) mass is 427 g/mol. The van der Waals surface area contributed by atoms with Crippen molar-refractivity contribution in [1.82, 2.24) is 14.7 Å². The predicted octanol–water partition coefficient (Wildman–Crippen LogP) is 3.44. The number of anilines is 1. The molecule has 30 heavy (non-hydrogen) atoms. The SMILES string of the molecule is CNS(=O)(=O)c1ccc(C(C)Nc2cc(C)nc(-c3cccc([N+](=O)[O-])c3)n2)cc1. The molecule has 0 fully saturated rings. The highest BCUT2D eigenvalue weighted by molar-refractivity contribution is 7.89. The average Bonchev–Trinajstić information content (AvgIpc) is 2.73. The first-order valence-corrected chi connectivity index (χ1v) is 10.6. The van der Waals surface area contributed by atoms with E-state index in [4.69, 9.17) is 0 Å². The number of nitrogens with one attached hydrogen (secondary N) is 2. The van der Waals surface area contributed by atoms with Gasteiger partial charge in [-0.1, -0.05) is 24.3 Å². The van der Waals surface area contributed by atoms with E-state index in [2.05, 4.69) is 20.0 Å². The van der Waals surface area contributed by atoms with E-state index in [0.717, 1.165) is 5.56 Å². The summed E-state index contributed by atoms with van der Waals surface area (Å²) in [6, 6.07) is 14.3. The van der Waals surface area contributed by atoms with Crippen molar-refractivity contribution in [2.75, 3.05) is 12.4 Å². The molecule has 0 spiro atoms. The van der Waals surface area contributed by atoms with Gasteiger partial charge < -0.3 is 5.32 Å². The Morgan fingerprint density at radius 1 is 1.07 bits per heavy atom. The fraction of sp³-hybridized carbons (Fsp3) is 0.200. The summed E-state index contributed by atoms with van der Waals surface area (Å²) in [5.41, 5.74) is 2.09. The summed E-state index contributed by atoms with van der Waals surface area (Å²) < 4.78 is 26.0. The number of benzene rings is 2. The van der Waals surface area contributed by atoms with Crippen LogP contribution in [0.4, 0.5) is 11.5 Å². The normalized spacial score (nSPS) is 12.4. The van der Waals surface area contributed by atoms with Crippen molar-refractivity contribution in [3.8, 4) is 11.4 Å². The molecular formula is C20H21N5O4S. The van der Waals surface area contributed by atoms with Crippen LogP contribution in [0.15, 0.2) is 59.5 Å². The van der Waals surface area contributed by atoms with Gasteiger partial charge in [-0.3, -0.25) is 10.1 Å². The van der Waals surface area contributed by atoms with Crippen LogP contribution >= 0.6 is 0 Å². The maximum Gasteiger partial charge on any atom is 0.270 e. The van der Waals surface area contributed by atoms with Gasteiger partial charge in [0.25, 0.3) is 5.69 Å². The third-order valence-electron chi connectivity index (χ3n) is 4.49. The fourth-order valence-corrected chi connectivity index (χ4v) is 3.62. The summed E-state index contributed by atoms with van der Waals surface area (Å²) >= 11 is 0. The van der Waals surface area contributed by atoms with E-state index < -0.39 is 14.9 Å². The van der Waals surface area contributed by atoms with Crippen LogP contribution in [0, 0.1) is 17.0 Å². The molecule has 2 N–H and O–H groups in total. The molecule has 156 valence electrons. The lowest BCUT2D eigenvalue weighted by molar-refractivity contribution is -0.384. The molecule has 0 radical (unpaired) electrons. The molecule has 0 aliphatic carbocycles. The number of hydrogen-bond acceptors (Lipinski definition) is 7. The summed E-state index contributed by atoms with van der Waals surface area (Å²) in [7, 11) is -2.13. The second kappa shape index (κ2) is 8.56. The van der Waals surface area contributed by atoms with Gasteiger partial charge in [-0.2, -0.15) is 0 Å². The first kappa shape index (κ1) is 21.3. The van der Waals surface area contributed by atoms with Crippen molar-refractivity contribution in [2.45, 2.75) is 24.8 Å². The maximum atomic E-state index is 11.9. The molecular weight excluding hydrogens is 406 g/mol. The molecule has 0 saturated heterocycles. The summed E-state index contributed by atoms with van der Waals surface area (Å²) in [6.45, 7) is 3.74. The zero-order valence-corrected chi connectivity index (χ0v) is 17.5. The van der Waals surface area contributed by atoms with Crippen LogP contribution in [0.5, 0.6) is 0 Å². The molecule has 0 aliphatic heterocycles. The predicted molar refractivity (Wildman–Crippen MR) is 114 cm³/mol. The van der Waals surface area contributed by atoms with E-state index in [-0.39, 0.29) is 16.6 Å². The summed E-state index contributed by atoms with van der Waals surface area (Å²) in [4.78, 5) is 19.6.